The molecule has 1 N–H and O–H groups in total. The Morgan fingerprint density at radius 3 is 2.21 bits per heavy atom. The molecule has 1 amide bonds. The summed E-state index contributed by atoms with van der Waals surface area (Å²) in [6, 6.07) is 15.7. The van der Waals surface area contributed by atoms with E-state index >= 15 is 0 Å². The van der Waals surface area contributed by atoms with Crippen molar-refractivity contribution in [3.63, 3.8) is 0 Å². The van der Waals surface area contributed by atoms with Crippen LogP contribution in [0, 0.1) is 0 Å². The molecule has 1 aliphatic heterocycles. The largest absolute Gasteiger partial charge is 0.378 e. The molecule has 2 heterocycles. The van der Waals surface area contributed by atoms with Crippen LogP contribution in [-0.4, -0.2) is 51.2 Å². The van der Waals surface area contributed by atoms with Crippen LogP contribution in [0.4, 0.5) is 22.2 Å². The van der Waals surface area contributed by atoms with Crippen LogP contribution in [0.1, 0.15) is 10.4 Å². The minimum Gasteiger partial charge on any atom is -0.378 e. The average Bonchev–Trinajstić information content (AvgIpc) is 3.29. The fourth-order valence-electron chi connectivity index (χ4n) is 3.40. The Bertz CT molecular complexity index is 930. The minimum atomic E-state index is -0.0971. The molecule has 6 nitrogen and oxygen atoms in total. The number of benzene rings is 2. The maximum absolute atomic E-state index is 12.5. The molecule has 2 aromatic carbocycles. The van der Waals surface area contributed by atoms with Gasteiger partial charge in [-0.2, -0.15) is 0 Å². The van der Waals surface area contributed by atoms with Crippen LogP contribution in [0.25, 0.3) is 0 Å². The molecule has 0 spiro atoms. The van der Waals surface area contributed by atoms with Gasteiger partial charge in [0.25, 0.3) is 5.91 Å². The predicted molar refractivity (Wildman–Crippen MR) is 122 cm³/mol. The summed E-state index contributed by atoms with van der Waals surface area (Å²) >= 11 is 1.69. The van der Waals surface area contributed by atoms with Crippen LogP contribution in [0.2, 0.25) is 0 Å². The van der Waals surface area contributed by atoms with Gasteiger partial charge in [-0.1, -0.05) is 0 Å². The number of hydrogen-bond acceptors (Lipinski definition) is 6. The van der Waals surface area contributed by atoms with E-state index in [1.54, 1.807) is 11.3 Å². The second kappa shape index (κ2) is 8.53. The molecule has 0 atom stereocenters. The highest BCUT2D eigenvalue weighted by Crippen LogP contribution is 2.23. The van der Waals surface area contributed by atoms with Crippen molar-refractivity contribution in [1.29, 1.82) is 0 Å². The summed E-state index contributed by atoms with van der Waals surface area (Å²) in [4.78, 5) is 23.6. The molecule has 4 rings (SSSR count). The molecule has 1 saturated heterocycles. The standard InChI is InChI=1S/C22H25N5OS/c1-25(2)19-7-3-17(4-8-19)21(28)24-18-5-9-20(10-6-18)26-12-14-27(15-13-26)22-23-11-16-29-22/h3-11,16H,12-15H2,1-2H3,(H,24,28). The molecule has 1 fully saturated rings. The number of hydrogen-bond donors (Lipinski definition) is 1. The van der Waals surface area contributed by atoms with Gasteiger partial charge in [0, 0.05) is 74.5 Å². The lowest BCUT2D eigenvalue weighted by Gasteiger charge is -2.36. The van der Waals surface area contributed by atoms with Gasteiger partial charge in [0.15, 0.2) is 5.13 Å². The van der Waals surface area contributed by atoms with Crippen molar-refractivity contribution < 1.29 is 4.79 Å². The van der Waals surface area contributed by atoms with Gasteiger partial charge in [-0.3, -0.25) is 4.79 Å². The van der Waals surface area contributed by atoms with E-state index in [0.717, 1.165) is 42.7 Å². The Labute approximate surface area is 175 Å². The van der Waals surface area contributed by atoms with Gasteiger partial charge in [-0.15, -0.1) is 11.3 Å². The topological polar surface area (TPSA) is 51.7 Å². The third-order valence-electron chi connectivity index (χ3n) is 5.11. The van der Waals surface area contributed by atoms with Crippen molar-refractivity contribution in [3.8, 4) is 0 Å². The number of thiazole rings is 1. The van der Waals surface area contributed by atoms with Crippen LogP contribution < -0.4 is 20.0 Å². The lowest BCUT2D eigenvalue weighted by Crippen LogP contribution is -2.46. The molecule has 0 radical (unpaired) electrons. The number of rotatable bonds is 5. The van der Waals surface area contributed by atoms with Gasteiger partial charge in [-0.25, -0.2) is 4.98 Å². The number of nitrogens with zero attached hydrogens (tertiary/aromatic N) is 4. The molecule has 0 unspecified atom stereocenters. The molecule has 3 aromatic rings. The van der Waals surface area contributed by atoms with Crippen LogP contribution in [-0.2, 0) is 0 Å². The number of nitrogens with one attached hydrogen (secondary N) is 1. The summed E-state index contributed by atoms with van der Waals surface area (Å²) in [5, 5.41) is 6.09. The van der Waals surface area contributed by atoms with E-state index in [0.29, 0.717) is 5.56 Å². The van der Waals surface area contributed by atoms with Crippen molar-refractivity contribution >= 4 is 39.4 Å². The smallest absolute Gasteiger partial charge is 0.255 e. The quantitative estimate of drug-likeness (QED) is 0.697. The molecule has 0 aliphatic carbocycles. The Hall–Kier alpha value is -3.06. The molecule has 0 bridgehead atoms. The molecular formula is C22H25N5OS. The summed E-state index contributed by atoms with van der Waals surface area (Å²) in [6.45, 7) is 3.86. The summed E-state index contributed by atoms with van der Waals surface area (Å²) < 4.78 is 0. The normalized spacial score (nSPS) is 14.0. The predicted octanol–water partition coefficient (Wildman–Crippen LogP) is 3.79. The van der Waals surface area contributed by atoms with Crippen molar-refractivity contribution in [2.75, 3.05) is 60.3 Å². The summed E-state index contributed by atoms with van der Waals surface area (Å²) in [5.74, 6) is -0.0971. The first-order valence-electron chi connectivity index (χ1n) is 9.68. The SMILES string of the molecule is CN(C)c1ccc(C(=O)Nc2ccc(N3CCN(c4nccs4)CC3)cc2)cc1. The zero-order valence-corrected chi connectivity index (χ0v) is 17.5. The molecule has 150 valence electrons. The fraction of sp³-hybridized carbons (Fsp3) is 0.273. The van der Waals surface area contributed by atoms with Crippen LogP contribution >= 0.6 is 11.3 Å². The van der Waals surface area contributed by atoms with E-state index in [9.17, 15) is 4.79 Å². The molecule has 29 heavy (non-hydrogen) atoms. The van der Waals surface area contributed by atoms with Crippen LogP contribution in [0.3, 0.4) is 0 Å². The van der Waals surface area contributed by atoms with E-state index in [-0.39, 0.29) is 5.91 Å². The zero-order chi connectivity index (χ0) is 20.2. The average molecular weight is 408 g/mol. The number of carbonyl (C=O) groups excluding carboxylic acids is 1. The maximum atomic E-state index is 12.5. The number of piperazine rings is 1. The summed E-state index contributed by atoms with van der Waals surface area (Å²) in [7, 11) is 3.96. The molecular weight excluding hydrogens is 382 g/mol. The van der Waals surface area contributed by atoms with E-state index in [4.69, 9.17) is 0 Å². The third-order valence-corrected chi connectivity index (χ3v) is 5.94. The zero-order valence-electron chi connectivity index (χ0n) is 16.7. The Morgan fingerprint density at radius 1 is 0.966 bits per heavy atom. The van der Waals surface area contributed by atoms with E-state index in [2.05, 4.69) is 32.2 Å². The highest BCUT2D eigenvalue weighted by atomic mass is 32.1. The highest BCUT2D eigenvalue weighted by Gasteiger charge is 2.19. The monoisotopic (exact) mass is 407 g/mol. The Morgan fingerprint density at radius 2 is 1.62 bits per heavy atom. The van der Waals surface area contributed by atoms with Crippen molar-refractivity contribution in [2.24, 2.45) is 0 Å². The lowest BCUT2D eigenvalue weighted by atomic mass is 10.1. The van der Waals surface area contributed by atoms with Gasteiger partial charge in [-0.05, 0) is 48.5 Å². The summed E-state index contributed by atoms with van der Waals surface area (Å²) in [6.07, 6.45) is 1.86. The van der Waals surface area contributed by atoms with E-state index in [1.807, 2.05) is 67.0 Å². The Balaban J connectivity index is 1.34. The van der Waals surface area contributed by atoms with Gasteiger partial charge in [0.05, 0.1) is 0 Å². The van der Waals surface area contributed by atoms with Gasteiger partial charge < -0.3 is 20.0 Å². The first kappa shape index (κ1) is 19.3. The summed E-state index contributed by atoms with van der Waals surface area (Å²) in [5.41, 5.74) is 3.70. The minimum absolute atomic E-state index is 0.0971. The molecule has 7 heteroatoms. The first-order valence-corrected chi connectivity index (χ1v) is 10.6. The molecule has 1 aromatic heterocycles. The lowest BCUT2D eigenvalue weighted by molar-refractivity contribution is 0.102. The van der Waals surface area contributed by atoms with Crippen molar-refractivity contribution in [3.05, 3.63) is 65.7 Å². The highest BCUT2D eigenvalue weighted by molar-refractivity contribution is 7.13. The first-order chi connectivity index (χ1) is 14.1. The molecule has 1 aliphatic rings. The van der Waals surface area contributed by atoms with Crippen LogP contribution in [0.15, 0.2) is 60.1 Å². The van der Waals surface area contributed by atoms with Gasteiger partial charge in [0.2, 0.25) is 0 Å². The van der Waals surface area contributed by atoms with Crippen LogP contribution in [0.5, 0.6) is 0 Å². The third kappa shape index (κ3) is 4.51. The van der Waals surface area contributed by atoms with Crippen molar-refractivity contribution in [1.82, 2.24) is 4.98 Å². The van der Waals surface area contributed by atoms with Gasteiger partial charge >= 0.3 is 0 Å². The second-order valence-corrected chi connectivity index (χ2v) is 8.10. The number of carbonyl (C=O) groups is 1. The fourth-order valence-corrected chi connectivity index (χ4v) is 4.09. The van der Waals surface area contributed by atoms with Gasteiger partial charge in [0.1, 0.15) is 0 Å². The van der Waals surface area contributed by atoms with E-state index in [1.165, 1.54) is 5.69 Å². The maximum Gasteiger partial charge on any atom is 0.255 e. The number of amides is 1. The number of aromatic nitrogens is 1. The number of anilines is 4. The van der Waals surface area contributed by atoms with E-state index < -0.39 is 0 Å². The second-order valence-electron chi connectivity index (χ2n) is 7.23. The molecule has 0 saturated carbocycles. The Kier molecular flexibility index (Phi) is 5.67. The van der Waals surface area contributed by atoms with Crippen molar-refractivity contribution in [2.45, 2.75) is 0 Å².